The Balaban J connectivity index is 1.71. The van der Waals surface area contributed by atoms with Crippen LogP contribution in [0.5, 0.6) is 0 Å². The summed E-state index contributed by atoms with van der Waals surface area (Å²) in [6.07, 6.45) is 9.54. The van der Waals surface area contributed by atoms with E-state index in [4.69, 9.17) is 5.73 Å². The maximum atomic E-state index is 6.41. The predicted octanol–water partition coefficient (Wildman–Crippen LogP) is 1.98. The number of hydrogen-bond acceptors (Lipinski definition) is 5. The highest BCUT2D eigenvalue weighted by Crippen LogP contribution is 2.27. The Labute approximate surface area is 128 Å². The molecule has 2 aliphatic rings. The summed E-state index contributed by atoms with van der Waals surface area (Å²) in [5, 5.41) is 1.84. The van der Waals surface area contributed by atoms with Crippen LogP contribution in [0.4, 0.5) is 0 Å². The molecule has 5 heteroatoms. The van der Waals surface area contributed by atoms with Gasteiger partial charge in [-0.2, -0.15) is 5.43 Å². The topological polar surface area (TPSA) is 66.5 Å². The zero-order chi connectivity index (χ0) is 15.0. The standard InChI is InChI=1S/C17H15N5/c18-17(15-4-2-1-3-5-15)20-16-12-14(8-11-22(16)21-17)13-6-9-19-10-7-13/h1-12,21H,18H2. The van der Waals surface area contributed by atoms with E-state index in [1.165, 1.54) is 0 Å². The molecule has 1 aromatic heterocycles. The highest BCUT2D eigenvalue weighted by molar-refractivity contribution is 6.04. The Morgan fingerprint density at radius 1 is 1.05 bits per heavy atom. The molecule has 0 radical (unpaired) electrons. The summed E-state index contributed by atoms with van der Waals surface area (Å²) in [6.45, 7) is 0. The quantitative estimate of drug-likeness (QED) is 0.887. The van der Waals surface area contributed by atoms with Crippen LogP contribution < -0.4 is 11.2 Å². The third-order valence-electron chi connectivity index (χ3n) is 3.74. The van der Waals surface area contributed by atoms with Gasteiger partial charge in [-0.05, 0) is 35.4 Å². The van der Waals surface area contributed by atoms with Gasteiger partial charge in [0, 0.05) is 24.2 Å². The maximum absolute atomic E-state index is 6.41. The van der Waals surface area contributed by atoms with Crippen molar-refractivity contribution in [2.24, 2.45) is 10.7 Å². The first-order chi connectivity index (χ1) is 10.7. The summed E-state index contributed by atoms with van der Waals surface area (Å²) in [7, 11) is 0. The van der Waals surface area contributed by atoms with Gasteiger partial charge in [0.2, 0.25) is 5.79 Å². The van der Waals surface area contributed by atoms with Crippen LogP contribution in [0, 0.1) is 0 Å². The van der Waals surface area contributed by atoms with Gasteiger partial charge in [0.25, 0.3) is 0 Å². The van der Waals surface area contributed by atoms with Gasteiger partial charge < -0.3 is 0 Å². The lowest BCUT2D eigenvalue weighted by Crippen LogP contribution is -2.50. The molecule has 22 heavy (non-hydrogen) atoms. The number of hydrazine groups is 1. The molecule has 0 amide bonds. The number of fused-ring (bicyclic) bond motifs is 1. The molecule has 0 saturated heterocycles. The minimum atomic E-state index is -0.939. The molecule has 0 bridgehead atoms. The van der Waals surface area contributed by atoms with Gasteiger partial charge in [-0.25, -0.2) is 4.99 Å². The lowest BCUT2D eigenvalue weighted by Gasteiger charge is -2.25. The van der Waals surface area contributed by atoms with Gasteiger partial charge in [0.15, 0.2) is 0 Å². The number of nitrogens with two attached hydrogens (primary N) is 1. The third-order valence-corrected chi connectivity index (χ3v) is 3.74. The molecule has 1 atom stereocenters. The number of aliphatic imine (C=N–C) groups is 1. The average Bonchev–Trinajstić information content (AvgIpc) is 2.93. The van der Waals surface area contributed by atoms with Gasteiger partial charge in [-0.15, -0.1) is 0 Å². The smallest absolute Gasteiger partial charge is 0.208 e. The molecule has 0 fully saturated rings. The Kier molecular flexibility index (Phi) is 2.89. The van der Waals surface area contributed by atoms with Crippen molar-refractivity contribution in [2.75, 3.05) is 0 Å². The fourth-order valence-corrected chi connectivity index (χ4v) is 2.60. The molecule has 2 aliphatic heterocycles. The molecule has 3 heterocycles. The summed E-state index contributed by atoms with van der Waals surface area (Å²) in [5.74, 6) is -0.147. The van der Waals surface area contributed by atoms with Gasteiger partial charge in [0.1, 0.15) is 5.84 Å². The predicted molar refractivity (Wildman–Crippen MR) is 86.1 cm³/mol. The number of nitrogens with one attached hydrogen (secondary N) is 1. The summed E-state index contributed by atoms with van der Waals surface area (Å²) in [6, 6.07) is 13.8. The van der Waals surface area contributed by atoms with E-state index in [-0.39, 0.29) is 0 Å². The fourth-order valence-electron chi connectivity index (χ4n) is 2.60. The minimum Gasteiger partial charge on any atom is -0.289 e. The van der Waals surface area contributed by atoms with E-state index in [9.17, 15) is 0 Å². The zero-order valence-corrected chi connectivity index (χ0v) is 11.8. The highest BCUT2D eigenvalue weighted by Gasteiger charge is 2.36. The van der Waals surface area contributed by atoms with Crippen LogP contribution in [-0.4, -0.2) is 15.8 Å². The lowest BCUT2D eigenvalue weighted by molar-refractivity contribution is 0.274. The Hall–Kier alpha value is -2.76. The van der Waals surface area contributed by atoms with E-state index in [1.54, 1.807) is 12.4 Å². The van der Waals surface area contributed by atoms with Crippen molar-refractivity contribution in [3.05, 3.63) is 84.3 Å². The molecule has 0 spiro atoms. The van der Waals surface area contributed by atoms with E-state index in [0.717, 1.165) is 22.5 Å². The van der Waals surface area contributed by atoms with Crippen molar-refractivity contribution in [3.8, 4) is 0 Å². The number of benzene rings is 1. The van der Waals surface area contributed by atoms with Crippen LogP contribution in [0.1, 0.15) is 11.1 Å². The van der Waals surface area contributed by atoms with E-state index in [1.807, 2.05) is 65.8 Å². The molecular formula is C17H15N5. The Morgan fingerprint density at radius 3 is 2.59 bits per heavy atom. The molecule has 5 nitrogen and oxygen atoms in total. The van der Waals surface area contributed by atoms with Gasteiger partial charge in [-0.3, -0.25) is 15.7 Å². The first-order valence-corrected chi connectivity index (χ1v) is 7.06. The van der Waals surface area contributed by atoms with Crippen molar-refractivity contribution >= 4 is 11.4 Å². The van der Waals surface area contributed by atoms with E-state index < -0.39 is 5.79 Å². The largest absolute Gasteiger partial charge is 0.289 e. The number of aromatic nitrogens is 1. The van der Waals surface area contributed by atoms with E-state index >= 15 is 0 Å². The van der Waals surface area contributed by atoms with Crippen molar-refractivity contribution in [1.29, 1.82) is 0 Å². The summed E-state index contributed by atoms with van der Waals surface area (Å²) < 4.78 is 0. The second-order valence-electron chi connectivity index (χ2n) is 5.24. The Morgan fingerprint density at radius 2 is 1.82 bits per heavy atom. The number of amidine groups is 1. The van der Waals surface area contributed by atoms with Crippen LogP contribution in [0.15, 0.2) is 78.2 Å². The first-order valence-electron chi connectivity index (χ1n) is 7.06. The average molecular weight is 289 g/mol. The Bertz CT molecular complexity index is 779. The highest BCUT2D eigenvalue weighted by atomic mass is 15.6. The molecule has 0 saturated carbocycles. The van der Waals surface area contributed by atoms with Crippen LogP contribution in [0.25, 0.3) is 5.57 Å². The number of rotatable bonds is 2. The second kappa shape index (κ2) is 4.91. The molecule has 0 aliphatic carbocycles. The number of nitrogens with zero attached hydrogens (tertiary/aromatic N) is 3. The molecule has 3 N–H and O–H groups in total. The molecule has 2 aromatic rings. The second-order valence-corrected chi connectivity index (χ2v) is 5.24. The van der Waals surface area contributed by atoms with Crippen molar-refractivity contribution in [2.45, 2.75) is 5.79 Å². The molecular weight excluding hydrogens is 274 g/mol. The molecule has 4 rings (SSSR count). The van der Waals surface area contributed by atoms with Crippen molar-refractivity contribution < 1.29 is 0 Å². The summed E-state index contributed by atoms with van der Waals surface area (Å²) >= 11 is 0. The van der Waals surface area contributed by atoms with E-state index in [0.29, 0.717) is 0 Å². The van der Waals surface area contributed by atoms with Gasteiger partial charge in [-0.1, -0.05) is 30.3 Å². The molecule has 1 aromatic carbocycles. The number of hydrogen-bond donors (Lipinski definition) is 2. The SMILES string of the molecule is NC1(c2ccccc2)N=C2C=C(c3ccncc3)C=CN2N1. The maximum Gasteiger partial charge on any atom is 0.208 e. The minimum absolute atomic E-state index is 0.792. The van der Waals surface area contributed by atoms with Crippen LogP contribution in [-0.2, 0) is 5.79 Å². The normalized spacial score (nSPS) is 23.0. The first kappa shape index (κ1) is 12.9. The number of pyridine rings is 1. The van der Waals surface area contributed by atoms with Gasteiger partial charge in [0.05, 0.1) is 0 Å². The monoisotopic (exact) mass is 289 g/mol. The van der Waals surface area contributed by atoms with Crippen molar-refractivity contribution in [1.82, 2.24) is 15.4 Å². The van der Waals surface area contributed by atoms with Crippen LogP contribution in [0.2, 0.25) is 0 Å². The van der Waals surface area contributed by atoms with E-state index in [2.05, 4.69) is 15.4 Å². The molecule has 1 unspecified atom stereocenters. The summed E-state index contributed by atoms with van der Waals surface area (Å²) in [4.78, 5) is 8.70. The number of allylic oxidation sites excluding steroid dienone is 2. The van der Waals surface area contributed by atoms with Gasteiger partial charge >= 0.3 is 0 Å². The fraction of sp³-hybridized carbons (Fsp3) is 0.0588. The lowest BCUT2D eigenvalue weighted by atomic mass is 10.1. The zero-order valence-electron chi connectivity index (χ0n) is 11.8. The third kappa shape index (κ3) is 2.13. The molecule has 108 valence electrons. The van der Waals surface area contributed by atoms with Crippen molar-refractivity contribution in [3.63, 3.8) is 0 Å². The van der Waals surface area contributed by atoms with Crippen LogP contribution in [0.3, 0.4) is 0 Å². The van der Waals surface area contributed by atoms with Crippen LogP contribution >= 0.6 is 0 Å². The summed E-state index contributed by atoms with van der Waals surface area (Å²) in [5.41, 5.74) is 12.7.